The molecule has 0 radical (unpaired) electrons. The number of morpholine rings is 1. The Bertz CT molecular complexity index is 970. The van der Waals surface area contributed by atoms with Gasteiger partial charge in [-0.05, 0) is 24.3 Å². The summed E-state index contributed by atoms with van der Waals surface area (Å²) in [6, 6.07) is 14.8. The van der Waals surface area contributed by atoms with Crippen LogP contribution in [0.1, 0.15) is 10.5 Å². The number of nitrogens with one attached hydrogen (secondary N) is 1. The molecular formula is C20H20N4O3. The molecule has 1 N–H and O–H groups in total. The number of nitrogens with zero attached hydrogens (tertiary/aromatic N) is 3. The van der Waals surface area contributed by atoms with E-state index in [1.807, 2.05) is 41.3 Å². The SMILES string of the molecule is COc1ccccc1NC(=O)c1nc2ccccc2nc1N1CCOCC1. The van der Waals surface area contributed by atoms with Crippen molar-refractivity contribution in [2.45, 2.75) is 0 Å². The molecule has 1 amide bonds. The van der Waals surface area contributed by atoms with Gasteiger partial charge in [-0.25, -0.2) is 9.97 Å². The highest BCUT2D eigenvalue weighted by molar-refractivity contribution is 6.07. The van der Waals surface area contributed by atoms with Crippen molar-refractivity contribution in [3.63, 3.8) is 0 Å². The van der Waals surface area contributed by atoms with Gasteiger partial charge in [0.2, 0.25) is 0 Å². The highest BCUT2D eigenvalue weighted by Crippen LogP contribution is 2.26. The first-order valence-electron chi connectivity index (χ1n) is 8.80. The van der Waals surface area contributed by atoms with Gasteiger partial charge in [-0.2, -0.15) is 0 Å². The van der Waals surface area contributed by atoms with Gasteiger partial charge in [-0.15, -0.1) is 0 Å². The van der Waals surface area contributed by atoms with Crippen LogP contribution in [0.3, 0.4) is 0 Å². The monoisotopic (exact) mass is 364 g/mol. The van der Waals surface area contributed by atoms with Crippen LogP contribution in [0, 0.1) is 0 Å². The van der Waals surface area contributed by atoms with Crippen LogP contribution < -0.4 is 15.0 Å². The molecule has 7 heteroatoms. The van der Waals surface area contributed by atoms with E-state index in [1.54, 1.807) is 19.2 Å². The molecule has 0 unspecified atom stereocenters. The average molecular weight is 364 g/mol. The molecular weight excluding hydrogens is 344 g/mol. The fraction of sp³-hybridized carbons (Fsp3) is 0.250. The fourth-order valence-electron chi connectivity index (χ4n) is 3.07. The summed E-state index contributed by atoms with van der Waals surface area (Å²) in [5.74, 6) is 0.844. The van der Waals surface area contributed by atoms with Gasteiger partial charge in [0.25, 0.3) is 5.91 Å². The molecule has 1 aliphatic heterocycles. The molecule has 0 spiro atoms. The Hall–Kier alpha value is -3.19. The third-order valence-electron chi connectivity index (χ3n) is 4.43. The van der Waals surface area contributed by atoms with Crippen LogP contribution in [0.2, 0.25) is 0 Å². The summed E-state index contributed by atoms with van der Waals surface area (Å²) in [7, 11) is 1.57. The molecule has 27 heavy (non-hydrogen) atoms. The van der Waals surface area contributed by atoms with Crippen LogP contribution in [0.4, 0.5) is 11.5 Å². The molecule has 1 aromatic heterocycles. The van der Waals surface area contributed by atoms with Crippen LogP contribution in [0.15, 0.2) is 48.5 Å². The Labute approximate surface area is 156 Å². The zero-order valence-corrected chi connectivity index (χ0v) is 15.0. The van der Waals surface area contributed by atoms with Gasteiger partial charge in [-0.1, -0.05) is 24.3 Å². The largest absolute Gasteiger partial charge is 0.495 e. The molecule has 0 atom stereocenters. The van der Waals surface area contributed by atoms with Crippen molar-refractivity contribution in [1.82, 2.24) is 9.97 Å². The predicted octanol–water partition coefficient (Wildman–Crippen LogP) is 2.73. The number of carbonyl (C=O) groups is 1. The molecule has 2 heterocycles. The lowest BCUT2D eigenvalue weighted by Crippen LogP contribution is -2.38. The second kappa shape index (κ2) is 7.59. The Balaban J connectivity index is 1.75. The Morgan fingerprint density at radius 2 is 1.70 bits per heavy atom. The molecule has 0 bridgehead atoms. The van der Waals surface area contributed by atoms with E-state index in [1.165, 1.54) is 0 Å². The lowest BCUT2D eigenvalue weighted by molar-refractivity contribution is 0.101. The standard InChI is InChI=1S/C20H20N4O3/c1-26-17-9-5-4-8-16(17)23-20(25)18-19(24-10-12-27-13-11-24)22-15-7-3-2-6-14(15)21-18/h2-9H,10-13H2,1H3,(H,23,25). The van der Waals surface area contributed by atoms with Crippen LogP contribution in [-0.2, 0) is 4.74 Å². The second-order valence-corrected chi connectivity index (χ2v) is 6.14. The van der Waals surface area contributed by atoms with E-state index in [0.29, 0.717) is 54.8 Å². The number of ether oxygens (including phenoxy) is 2. The minimum absolute atomic E-state index is 0.293. The molecule has 7 nitrogen and oxygen atoms in total. The topological polar surface area (TPSA) is 76.6 Å². The van der Waals surface area contributed by atoms with E-state index >= 15 is 0 Å². The van der Waals surface area contributed by atoms with Crippen LogP contribution in [-0.4, -0.2) is 49.3 Å². The number of hydrogen-bond donors (Lipinski definition) is 1. The number of carbonyl (C=O) groups excluding carboxylic acids is 1. The number of rotatable bonds is 4. The Kier molecular flexibility index (Phi) is 4.84. The van der Waals surface area contributed by atoms with Gasteiger partial charge in [-0.3, -0.25) is 4.79 Å². The fourth-order valence-corrected chi connectivity index (χ4v) is 3.07. The summed E-state index contributed by atoms with van der Waals surface area (Å²) < 4.78 is 10.7. The molecule has 4 rings (SSSR count). The van der Waals surface area contributed by atoms with Gasteiger partial charge in [0.15, 0.2) is 11.5 Å². The molecule has 1 aliphatic rings. The number of methoxy groups -OCH3 is 1. The number of anilines is 2. The van der Waals surface area contributed by atoms with E-state index in [2.05, 4.69) is 10.3 Å². The quantitative estimate of drug-likeness (QED) is 0.767. The molecule has 138 valence electrons. The van der Waals surface area contributed by atoms with E-state index in [-0.39, 0.29) is 5.91 Å². The first kappa shape index (κ1) is 17.2. The van der Waals surface area contributed by atoms with E-state index < -0.39 is 0 Å². The second-order valence-electron chi connectivity index (χ2n) is 6.14. The number of aromatic nitrogens is 2. The summed E-state index contributed by atoms with van der Waals surface area (Å²) in [4.78, 5) is 24.4. The molecule has 1 fully saturated rings. The van der Waals surface area contributed by atoms with Crippen molar-refractivity contribution in [3.8, 4) is 5.75 Å². The highest BCUT2D eigenvalue weighted by Gasteiger charge is 2.23. The van der Waals surface area contributed by atoms with Crippen molar-refractivity contribution in [2.75, 3.05) is 43.6 Å². The van der Waals surface area contributed by atoms with Gasteiger partial charge < -0.3 is 19.7 Å². The van der Waals surface area contributed by atoms with Crippen LogP contribution in [0.25, 0.3) is 11.0 Å². The third-order valence-corrected chi connectivity index (χ3v) is 4.43. The summed E-state index contributed by atoms with van der Waals surface area (Å²) >= 11 is 0. The summed E-state index contributed by atoms with van der Waals surface area (Å²) in [6.07, 6.45) is 0. The number of benzene rings is 2. The zero-order valence-electron chi connectivity index (χ0n) is 15.0. The molecule has 1 saturated heterocycles. The average Bonchev–Trinajstić information content (AvgIpc) is 2.73. The first-order chi connectivity index (χ1) is 13.3. The molecule has 0 saturated carbocycles. The maximum absolute atomic E-state index is 13.1. The van der Waals surface area contributed by atoms with E-state index in [4.69, 9.17) is 14.5 Å². The number of hydrogen-bond acceptors (Lipinski definition) is 6. The molecule has 2 aromatic carbocycles. The lowest BCUT2D eigenvalue weighted by atomic mass is 10.2. The maximum atomic E-state index is 13.1. The van der Waals surface area contributed by atoms with Crippen molar-refractivity contribution >= 4 is 28.4 Å². The van der Waals surface area contributed by atoms with E-state index in [0.717, 1.165) is 5.52 Å². The summed E-state index contributed by atoms with van der Waals surface area (Å²) in [6.45, 7) is 2.54. The van der Waals surface area contributed by atoms with Crippen molar-refractivity contribution in [3.05, 3.63) is 54.2 Å². The zero-order chi connectivity index (χ0) is 18.6. The third kappa shape index (κ3) is 3.54. The maximum Gasteiger partial charge on any atom is 0.278 e. The van der Waals surface area contributed by atoms with E-state index in [9.17, 15) is 4.79 Å². The first-order valence-corrected chi connectivity index (χ1v) is 8.80. The number of fused-ring (bicyclic) bond motifs is 1. The molecule has 0 aliphatic carbocycles. The molecule has 3 aromatic rings. The van der Waals surface area contributed by atoms with Gasteiger partial charge in [0.1, 0.15) is 5.75 Å². The van der Waals surface area contributed by atoms with Gasteiger partial charge >= 0.3 is 0 Å². The Morgan fingerprint density at radius 1 is 1.04 bits per heavy atom. The minimum atomic E-state index is -0.320. The van der Waals surface area contributed by atoms with Crippen LogP contribution in [0.5, 0.6) is 5.75 Å². The van der Waals surface area contributed by atoms with Crippen molar-refractivity contribution in [1.29, 1.82) is 0 Å². The summed E-state index contributed by atoms with van der Waals surface area (Å²) in [5, 5.41) is 2.90. The summed E-state index contributed by atoms with van der Waals surface area (Å²) in [5.41, 5.74) is 2.32. The van der Waals surface area contributed by atoms with Gasteiger partial charge in [0, 0.05) is 13.1 Å². The number of para-hydroxylation sites is 4. The predicted molar refractivity (Wildman–Crippen MR) is 104 cm³/mol. The van der Waals surface area contributed by atoms with Crippen LogP contribution >= 0.6 is 0 Å². The lowest BCUT2D eigenvalue weighted by Gasteiger charge is -2.29. The highest BCUT2D eigenvalue weighted by atomic mass is 16.5. The smallest absolute Gasteiger partial charge is 0.278 e. The normalized spacial score (nSPS) is 14.2. The Morgan fingerprint density at radius 3 is 2.44 bits per heavy atom. The number of amides is 1. The minimum Gasteiger partial charge on any atom is -0.495 e. The van der Waals surface area contributed by atoms with Crippen molar-refractivity contribution < 1.29 is 14.3 Å². The van der Waals surface area contributed by atoms with Gasteiger partial charge in [0.05, 0.1) is 37.0 Å². The van der Waals surface area contributed by atoms with Crippen molar-refractivity contribution in [2.24, 2.45) is 0 Å².